The number of aliphatic hydroxyl groups is 3. The smallest absolute Gasteiger partial charge is 0.157 e. The number of thiophene rings is 1. The highest BCUT2D eigenvalue weighted by molar-refractivity contribution is 7.15. The molecular weight excluding hydrogens is 422 g/mol. The summed E-state index contributed by atoms with van der Waals surface area (Å²) >= 11 is 1.62. The average molecular weight is 447 g/mol. The molecule has 2 aromatic carbocycles. The van der Waals surface area contributed by atoms with Gasteiger partial charge in [-0.25, -0.2) is 8.78 Å². The van der Waals surface area contributed by atoms with E-state index in [2.05, 4.69) is 0 Å². The molecule has 1 saturated heterocycles. The van der Waals surface area contributed by atoms with Gasteiger partial charge in [0.2, 0.25) is 0 Å². The lowest BCUT2D eigenvalue weighted by atomic mass is 9.90. The molecule has 4 nitrogen and oxygen atoms in total. The summed E-state index contributed by atoms with van der Waals surface area (Å²) in [6, 6.07) is 16.0. The van der Waals surface area contributed by atoms with Crippen molar-refractivity contribution in [3.05, 3.63) is 82.0 Å². The van der Waals surface area contributed by atoms with Gasteiger partial charge in [-0.3, -0.25) is 0 Å². The van der Waals surface area contributed by atoms with Crippen molar-refractivity contribution < 1.29 is 28.8 Å². The maximum atomic E-state index is 14.1. The van der Waals surface area contributed by atoms with Gasteiger partial charge in [0.15, 0.2) is 6.17 Å². The second kappa shape index (κ2) is 9.14. The van der Waals surface area contributed by atoms with E-state index >= 15 is 0 Å². The third-order valence-corrected chi connectivity index (χ3v) is 6.83. The second-order valence-electron chi connectivity index (χ2n) is 7.84. The molecule has 7 heteroatoms. The number of benzene rings is 2. The summed E-state index contributed by atoms with van der Waals surface area (Å²) in [5.74, 6) is -0.271. The van der Waals surface area contributed by atoms with Gasteiger partial charge in [-0.05, 0) is 53.4 Å². The standard InChI is InChI=1S/C24H24F2O4S/c1-13-2-3-15(24-23(29)22(28)21(26)19(12-27)30-24)10-16(13)11-18-8-9-20(31-18)14-4-6-17(25)7-5-14/h2-10,19,21-24,27-29H,11-12H2,1H3/t19-,21-,22+,23-,24+/m1/s1. The first-order valence-corrected chi connectivity index (χ1v) is 10.9. The molecule has 0 saturated carbocycles. The molecule has 1 fully saturated rings. The summed E-state index contributed by atoms with van der Waals surface area (Å²) in [6.45, 7) is 1.40. The number of rotatable bonds is 5. The van der Waals surface area contributed by atoms with Crippen LogP contribution in [-0.4, -0.2) is 46.4 Å². The molecule has 3 N–H and O–H groups in total. The summed E-state index contributed by atoms with van der Waals surface area (Å²) in [6.07, 6.45) is -6.39. The Morgan fingerprint density at radius 1 is 1.00 bits per heavy atom. The van der Waals surface area contributed by atoms with E-state index < -0.39 is 37.2 Å². The Hall–Kier alpha value is -2.16. The van der Waals surface area contributed by atoms with Crippen LogP contribution in [0.2, 0.25) is 0 Å². The van der Waals surface area contributed by atoms with E-state index in [0.29, 0.717) is 12.0 Å². The van der Waals surface area contributed by atoms with Crippen LogP contribution in [0.15, 0.2) is 54.6 Å². The summed E-state index contributed by atoms with van der Waals surface area (Å²) in [5.41, 5.74) is 3.63. The molecule has 31 heavy (non-hydrogen) atoms. The highest BCUT2D eigenvalue weighted by Gasteiger charge is 2.45. The van der Waals surface area contributed by atoms with Crippen molar-refractivity contribution in [2.45, 2.75) is 43.9 Å². The van der Waals surface area contributed by atoms with E-state index in [9.17, 15) is 24.1 Å². The molecule has 0 radical (unpaired) electrons. The molecule has 2 heterocycles. The molecule has 0 aliphatic carbocycles. The fourth-order valence-electron chi connectivity index (χ4n) is 3.84. The fourth-order valence-corrected chi connectivity index (χ4v) is 4.88. The number of halogens is 2. The van der Waals surface area contributed by atoms with Crippen LogP contribution in [0.5, 0.6) is 0 Å². The zero-order valence-electron chi connectivity index (χ0n) is 16.9. The molecule has 0 spiro atoms. The molecule has 5 atom stereocenters. The van der Waals surface area contributed by atoms with Crippen molar-refractivity contribution in [1.29, 1.82) is 0 Å². The maximum absolute atomic E-state index is 14.1. The number of ether oxygens (including phenoxy) is 1. The minimum absolute atomic E-state index is 0.271. The Morgan fingerprint density at radius 3 is 2.45 bits per heavy atom. The van der Waals surface area contributed by atoms with Crippen LogP contribution in [0.4, 0.5) is 8.78 Å². The molecule has 4 rings (SSSR count). The van der Waals surface area contributed by atoms with Gasteiger partial charge in [-0.1, -0.05) is 30.3 Å². The SMILES string of the molecule is Cc1ccc([C@@H]2O[C@H](CO)[C@@H](F)[C@H](O)[C@H]2O)cc1Cc1ccc(-c2ccc(F)cc2)s1. The number of hydrogen-bond donors (Lipinski definition) is 3. The van der Waals surface area contributed by atoms with Gasteiger partial charge in [0, 0.05) is 16.2 Å². The molecule has 3 aromatic rings. The van der Waals surface area contributed by atoms with E-state index in [1.54, 1.807) is 29.5 Å². The molecule has 1 aliphatic heterocycles. The van der Waals surface area contributed by atoms with Crippen molar-refractivity contribution in [2.75, 3.05) is 6.61 Å². The topological polar surface area (TPSA) is 69.9 Å². The minimum Gasteiger partial charge on any atom is -0.394 e. The van der Waals surface area contributed by atoms with Gasteiger partial charge < -0.3 is 20.1 Å². The van der Waals surface area contributed by atoms with Crippen molar-refractivity contribution in [3.63, 3.8) is 0 Å². The Labute approximate surface area is 183 Å². The van der Waals surface area contributed by atoms with Gasteiger partial charge in [0.1, 0.15) is 30.2 Å². The zero-order valence-corrected chi connectivity index (χ0v) is 17.7. The molecule has 164 valence electrons. The molecule has 0 unspecified atom stereocenters. The average Bonchev–Trinajstić information content (AvgIpc) is 3.23. The lowest BCUT2D eigenvalue weighted by Gasteiger charge is -2.39. The second-order valence-corrected chi connectivity index (χ2v) is 9.01. The number of aryl methyl sites for hydroxylation is 1. The summed E-state index contributed by atoms with van der Waals surface area (Å²) < 4.78 is 32.8. The number of alkyl halides is 1. The maximum Gasteiger partial charge on any atom is 0.157 e. The van der Waals surface area contributed by atoms with E-state index in [1.165, 1.54) is 12.1 Å². The molecule has 1 aromatic heterocycles. The van der Waals surface area contributed by atoms with Crippen molar-refractivity contribution >= 4 is 11.3 Å². The first kappa shape index (κ1) is 22.0. The van der Waals surface area contributed by atoms with E-state index in [0.717, 1.165) is 26.4 Å². The quantitative estimate of drug-likeness (QED) is 0.555. The highest BCUT2D eigenvalue weighted by atomic mass is 32.1. The van der Waals surface area contributed by atoms with Crippen molar-refractivity contribution in [2.24, 2.45) is 0 Å². The van der Waals surface area contributed by atoms with Crippen LogP contribution in [0, 0.1) is 12.7 Å². The van der Waals surface area contributed by atoms with Gasteiger partial charge in [0.25, 0.3) is 0 Å². The van der Waals surface area contributed by atoms with Gasteiger partial charge in [0.05, 0.1) is 6.61 Å². The molecule has 0 amide bonds. The lowest BCUT2D eigenvalue weighted by Crippen LogP contribution is -2.53. The Balaban J connectivity index is 1.57. The first-order chi connectivity index (χ1) is 14.9. The van der Waals surface area contributed by atoms with Gasteiger partial charge in [-0.15, -0.1) is 11.3 Å². The first-order valence-electron chi connectivity index (χ1n) is 10.1. The Morgan fingerprint density at radius 2 is 1.74 bits per heavy atom. The highest BCUT2D eigenvalue weighted by Crippen LogP contribution is 2.35. The Bertz CT molecular complexity index is 1030. The van der Waals surface area contributed by atoms with E-state index in [-0.39, 0.29) is 5.82 Å². The van der Waals surface area contributed by atoms with Crippen LogP contribution in [0.25, 0.3) is 10.4 Å². The van der Waals surface area contributed by atoms with Crippen LogP contribution in [0.3, 0.4) is 0 Å². The third kappa shape index (κ3) is 4.56. The third-order valence-electron chi connectivity index (χ3n) is 5.70. The monoisotopic (exact) mass is 446 g/mol. The molecule has 0 bridgehead atoms. The van der Waals surface area contributed by atoms with E-state index in [4.69, 9.17) is 4.74 Å². The van der Waals surface area contributed by atoms with Crippen molar-refractivity contribution in [3.8, 4) is 10.4 Å². The molecular formula is C24H24F2O4S. The minimum atomic E-state index is -1.85. The predicted molar refractivity (Wildman–Crippen MR) is 115 cm³/mol. The van der Waals surface area contributed by atoms with Gasteiger partial charge in [-0.2, -0.15) is 0 Å². The summed E-state index contributed by atoms with van der Waals surface area (Å²) in [5, 5.41) is 29.7. The lowest BCUT2D eigenvalue weighted by molar-refractivity contribution is -0.214. The van der Waals surface area contributed by atoms with E-state index in [1.807, 2.05) is 31.2 Å². The van der Waals surface area contributed by atoms with Crippen LogP contribution in [-0.2, 0) is 11.2 Å². The van der Waals surface area contributed by atoms with Crippen LogP contribution in [0.1, 0.15) is 27.7 Å². The fraction of sp³-hybridized carbons (Fsp3) is 0.333. The Kier molecular flexibility index (Phi) is 6.50. The number of aliphatic hydroxyl groups excluding tert-OH is 3. The summed E-state index contributed by atoms with van der Waals surface area (Å²) in [4.78, 5) is 2.15. The largest absolute Gasteiger partial charge is 0.394 e. The van der Waals surface area contributed by atoms with Gasteiger partial charge >= 0.3 is 0 Å². The summed E-state index contributed by atoms with van der Waals surface area (Å²) in [7, 11) is 0. The van der Waals surface area contributed by atoms with Crippen molar-refractivity contribution in [1.82, 2.24) is 0 Å². The molecule has 1 aliphatic rings. The number of hydrogen-bond acceptors (Lipinski definition) is 5. The predicted octanol–water partition coefficient (Wildman–Crippen LogP) is 3.95. The van der Waals surface area contributed by atoms with Crippen LogP contribution >= 0.6 is 11.3 Å². The zero-order chi connectivity index (χ0) is 22.1. The van der Waals surface area contributed by atoms with Crippen LogP contribution < -0.4 is 0 Å². The normalized spacial score (nSPS) is 26.2.